The topological polar surface area (TPSA) is 56.7 Å². The summed E-state index contributed by atoms with van der Waals surface area (Å²) in [4.78, 5) is 0. The van der Waals surface area contributed by atoms with E-state index in [0.29, 0.717) is 12.5 Å². The number of aromatic nitrogens is 3. The quantitative estimate of drug-likeness (QED) is 0.803. The van der Waals surface area contributed by atoms with E-state index in [1.54, 1.807) is 0 Å². The normalized spacial score (nSPS) is 15.1. The molecule has 112 valence electrons. The van der Waals surface area contributed by atoms with Crippen LogP contribution in [0.15, 0.2) is 42.5 Å². The van der Waals surface area contributed by atoms with Gasteiger partial charge in [0.15, 0.2) is 0 Å². The molecular formula is C18H20N4. The van der Waals surface area contributed by atoms with Crippen molar-refractivity contribution in [2.45, 2.75) is 38.3 Å². The van der Waals surface area contributed by atoms with Gasteiger partial charge in [-0.2, -0.15) is 0 Å². The first-order chi connectivity index (χ1) is 10.9. The van der Waals surface area contributed by atoms with Crippen LogP contribution in [0.2, 0.25) is 0 Å². The lowest BCUT2D eigenvalue weighted by atomic mass is 9.82. The third-order valence-electron chi connectivity index (χ3n) is 4.73. The van der Waals surface area contributed by atoms with E-state index in [2.05, 4.69) is 57.5 Å². The first-order valence-electron chi connectivity index (χ1n) is 7.96. The minimum absolute atomic E-state index is 0.474. The lowest BCUT2D eigenvalue weighted by molar-refractivity contribution is 0.390. The van der Waals surface area contributed by atoms with Crippen molar-refractivity contribution in [2.75, 3.05) is 0 Å². The number of nitrogens with zero attached hydrogens (tertiary/aromatic N) is 3. The highest BCUT2D eigenvalue weighted by atomic mass is 15.4. The van der Waals surface area contributed by atoms with E-state index in [1.807, 2.05) is 0 Å². The summed E-state index contributed by atoms with van der Waals surface area (Å²) in [5.41, 5.74) is 9.35. The fraction of sp³-hybridized carbons (Fsp3) is 0.333. The van der Waals surface area contributed by atoms with Gasteiger partial charge in [-0.3, -0.25) is 0 Å². The van der Waals surface area contributed by atoms with Crippen LogP contribution in [0.1, 0.15) is 42.1 Å². The van der Waals surface area contributed by atoms with E-state index >= 15 is 0 Å². The van der Waals surface area contributed by atoms with Crippen LogP contribution in [0.3, 0.4) is 0 Å². The average Bonchev–Trinajstić information content (AvgIpc) is 2.89. The zero-order valence-electron chi connectivity index (χ0n) is 12.6. The molecule has 1 aromatic heterocycles. The molecule has 1 aliphatic rings. The second kappa shape index (κ2) is 5.54. The van der Waals surface area contributed by atoms with Gasteiger partial charge in [-0.05, 0) is 29.2 Å². The summed E-state index contributed by atoms with van der Waals surface area (Å²) in [6.45, 7) is 1.24. The monoisotopic (exact) mass is 292 g/mol. The fourth-order valence-electron chi connectivity index (χ4n) is 3.34. The second-order valence-electron chi connectivity index (χ2n) is 6.05. The molecule has 3 aromatic rings. The van der Waals surface area contributed by atoms with Crippen LogP contribution in [0, 0.1) is 0 Å². The van der Waals surface area contributed by atoms with Crippen LogP contribution in [-0.2, 0) is 13.1 Å². The SMILES string of the molecule is NCc1nnn(Cc2cccc3ccccc23)c1C1CCC1. The second-order valence-corrected chi connectivity index (χ2v) is 6.05. The first-order valence-corrected chi connectivity index (χ1v) is 7.96. The van der Waals surface area contributed by atoms with Gasteiger partial charge in [0.1, 0.15) is 0 Å². The molecule has 0 spiro atoms. The van der Waals surface area contributed by atoms with Crippen molar-refractivity contribution in [3.8, 4) is 0 Å². The Hall–Kier alpha value is -2.20. The van der Waals surface area contributed by atoms with Gasteiger partial charge in [0.05, 0.1) is 17.9 Å². The molecule has 0 amide bonds. The Kier molecular flexibility index (Phi) is 3.39. The van der Waals surface area contributed by atoms with Crippen LogP contribution in [0.5, 0.6) is 0 Å². The summed E-state index contributed by atoms with van der Waals surface area (Å²) in [5, 5.41) is 11.2. The van der Waals surface area contributed by atoms with Gasteiger partial charge in [0.2, 0.25) is 0 Å². The van der Waals surface area contributed by atoms with Gasteiger partial charge in [-0.15, -0.1) is 5.10 Å². The lowest BCUT2D eigenvalue weighted by Gasteiger charge is -2.26. The molecular weight excluding hydrogens is 272 g/mol. The summed E-state index contributed by atoms with van der Waals surface area (Å²) in [6.07, 6.45) is 3.76. The van der Waals surface area contributed by atoms with E-state index in [4.69, 9.17) is 5.73 Å². The van der Waals surface area contributed by atoms with Crippen molar-refractivity contribution in [3.05, 3.63) is 59.4 Å². The molecule has 1 heterocycles. The maximum Gasteiger partial charge on any atom is 0.0997 e. The van der Waals surface area contributed by atoms with Crippen molar-refractivity contribution in [1.82, 2.24) is 15.0 Å². The smallest absolute Gasteiger partial charge is 0.0997 e. The predicted molar refractivity (Wildman–Crippen MR) is 87.6 cm³/mol. The minimum atomic E-state index is 0.474. The number of hydrogen-bond acceptors (Lipinski definition) is 3. The molecule has 0 bridgehead atoms. The molecule has 0 aliphatic heterocycles. The molecule has 0 saturated heterocycles. The molecule has 0 unspecified atom stereocenters. The van der Waals surface area contributed by atoms with Crippen LogP contribution < -0.4 is 5.73 Å². The Morgan fingerprint density at radius 3 is 2.68 bits per heavy atom. The molecule has 2 aromatic carbocycles. The van der Waals surface area contributed by atoms with Crippen LogP contribution in [0.4, 0.5) is 0 Å². The molecule has 1 saturated carbocycles. The average molecular weight is 292 g/mol. The first kappa shape index (κ1) is 13.5. The number of hydrogen-bond donors (Lipinski definition) is 1. The number of fused-ring (bicyclic) bond motifs is 1. The van der Waals surface area contributed by atoms with Gasteiger partial charge < -0.3 is 5.73 Å². The lowest BCUT2D eigenvalue weighted by Crippen LogP contribution is -2.18. The third kappa shape index (κ3) is 2.20. The Bertz CT molecular complexity index is 796. The van der Waals surface area contributed by atoms with Crippen LogP contribution in [-0.4, -0.2) is 15.0 Å². The van der Waals surface area contributed by atoms with Gasteiger partial charge in [0, 0.05) is 12.5 Å². The summed E-state index contributed by atoms with van der Waals surface area (Å²) >= 11 is 0. The van der Waals surface area contributed by atoms with Crippen molar-refractivity contribution in [1.29, 1.82) is 0 Å². The minimum Gasteiger partial charge on any atom is -0.325 e. The van der Waals surface area contributed by atoms with Gasteiger partial charge in [-0.25, -0.2) is 4.68 Å². The van der Waals surface area contributed by atoms with E-state index in [-0.39, 0.29) is 0 Å². The molecule has 1 fully saturated rings. The molecule has 2 N–H and O–H groups in total. The Balaban J connectivity index is 1.75. The highest BCUT2D eigenvalue weighted by Crippen LogP contribution is 2.37. The van der Waals surface area contributed by atoms with Crippen molar-refractivity contribution in [2.24, 2.45) is 5.73 Å². The standard InChI is InChI=1S/C18H20N4/c19-11-17-18(14-7-4-8-14)22(21-20-17)12-15-9-3-6-13-5-1-2-10-16(13)15/h1-3,5-6,9-10,14H,4,7-8,11-12,19H2. The number of rotatable bonds is 4. The molecule has 22 heavy (non-hydrogen) atoms. The fourth-order valence-corrected chi connectivity index (χ4v) is 3.34. The molecule has 4 rings (SSSR count). The van der Waals surface area contributed by atoms with Crippen molar-refractivity contribution in [3.63, 3.8) is 0 Å². The number of benzene rings is 2. The molecule has 1 aliphatic carbocycles. The van der Waals surface area contributed by atoms with E-state index < -0.39 is 0 Å². The summed E-state index contributed by atoms with van der Waals surface area (Å²) in [5.74, 6) is 0.587. The van der Waals surface area contributed by atoms with E-state index in [1.165, 1.54) is 41.3 Å². The highest BCUT2D eigenvalue weighted by Gasteiger charge is 2.27. The summed E-state index contributed by atoms with van der Waals surface area (Å²) < 4.78 is 2.06. The zero-order valence-corrected chi connectivity index (χ0v) is 12.6. The molecule has 0 atom stereocenters. The molecule has 0 radical (unpaired) electrons. The molecule has 4 nitrogen and oxygen atoms in total. The summed E-state index contributed by atoms with van der Waals surface area (Å²) in [7, 11) is 0. The predicted octanol–water partition coefficient (Wildman–Crippen LogP) is 3.21. The third-order valence-corrected chi connectivity index (χ3v) is 4.73. The van der Waals surface area contributed by atoms with E-state index in [0.717, 1.165) is 12.2 Å². The van der Waals surface area contributed by atoms with Gasteiger partial charge in [-0.1, -0.05) is 54.1 Å². The molecule has 4 heteroatoms. The highest BCUT2D eigenvalue weighted by molar-refractivity contribution is 5.85. The van der Waals surface area contributed by atoms with Crippen LogP contribution >= 0.6 is 0 Å². The zero-order chi connectivity index (χ0) is 14.9. The van der Waals surface area contributed by atoms with Gasteiger partial charge in [0.25, 0.3) is 0 Å². The summed E-state index contributed by atoms with van der Waals surface area (Å²) in [6, 6.07) is 14.9. The van der Waals surface area contributed by atoms with E-state index in [9.17, 15) is 0 Å². The Morgan fingerprint density at radius 2 is 1.91 bits per heavy atom. The largest absolute Gasteiger partial charge is 0.325 e. The van der Waals surface area contributed by atoms with Crippen LogP contribution in [0.25, 0.3) is 10.8 Å². The van der Waals surface area contributed by atoms with Crippen molar-refractivity contribution < 1.29 is 0 Å². The maximum absolute atomic E-state index is 5.85. The Labute approximate surface area is 129 Å². The van der Waals surface area contributed by atoms with Crippen molar-refractivity contribution >= 4 is 10.8 Å². The maximum atomic E-state index is 5.85. The van der Waals surface area contributed by atoms with Gasteiger partial charge >= 0.3 is 0 Å². The number of nitrogens with two attached hydrogens (primary N) is 1. The Morgan fingerprint density at radius 1 is 1.09 bits per heavy atom.